The van der Waals surface area contributed by atoms with Gasteiger partial charge in [0.05, 0.1) is 6.54 Å². The third kappa shape index (κ3) is 4.67. The number of rotatable bonds is 5. The number of hydrogen-bond acceptors (Lipinski definition) is 1. The Balaban J connectivity index is 2.21. The van der Waals surface area contributed by atoms with Gasteiger partial charge in [0.2, 0.25) is 0 Å². The van der Waals surface area contributed by atoms with Crippen LogP contribution >= 0.6 is 15.9 Å². The maximum absolute atomic E-state index is 11.7. The van der Waals surface area contributed by atoms with E-state index >= 15 is 0 Å². The lowest BCUT2D eigenvalue weighted by molar-refractivity contribution is 0.146. The van der Waals surface area contributed by atoms with Gasteiger partial charge in [-0.05, 0) is 30.7 Å². The average Bonchev–Trinajstić information content (AvgIpc) is 2.15. The summed E-state index contributed by atoms with van der Waals surface area (Å²) in [5, 5.41) is 2.69. The van der Waals surface area contributed by atoms with Crippen LogP contribution in [0, 0.1) is 0 Å². The van der Waals surface area contributed by atoms with Gasteiger partial charge in [0.15, 0.2) is 0 Å². The van der Waals surface area contributed by atoms with Crippen molar-refractivity contribution in [1.82, 2.24) is 5.32 Å². The molecule has 4 heteroatoms. The molecular formula is C10H12BrF2N. The minimum absolute atomic E-state index is 0.226. The van der Waals surface area contributed by atoms with Gasteiger partial charge in [0, 0.05) is 4.47 Å². The van der Waals surface area contributed by atoms with Crippen LogP contribution in [0.4, 0.5) is 8.78 Å². The number of hydrogen-bond donors (Lipinski definition) is 1. The maximum Gasteiger partial charge on any atom is 0.250 e. The van der Waals surface area contributed by atoms with Crippen molar-refractivity contribution in [1.29, 1.82) is 0 Å². The fourth-order valence-corrected chi connectivity index (χ4v) is 1.36. The molecule has 0 aliphatic rings. The zero-order chi connectivity index (χ0) is 10.4. The van der Waals surface area contributed by atoms with Gasteiger partial charge in [0.1, 0.15) is 0 Å². The molecule has 0 amide bonds. The molecule has 14 heavy (non-hydrogen) atoms. The molecule has 1 aromatic carbocycles. The third-order valence-electron chi connectivity index (χ3n) is 1.80. The molecule has 1 N–H and O–H groups in total. The predicted molar refractivity (Wildman–Crippen MR) is 56.7 cm³/mol. The van der Waals surface area contributed by atoms with E-state index in [1.165, 1.54) is 0 Å². The van der Waals surface area contributed by atoms with Crippen LogP contribution in [0.2, 0.25) is 0 Å². The number of halogens is 3. The van der Waals surface area contributed by atoms with Crippen LogP contribution in [0.5, 0.6) is 0 Å². The summed E-state index contributed by atoms with van der Waals surface area (Å²) >= 11 is 3.33. The zero-order valence-corrected chi connectivity index (χ0v) is 9.23. The second-order valence-corrected chi connectivity index (χ2v) is 3.89. The van der Waals surface area contributed by atoms with Crippen LogP contribution in [-0.2, 0) is 6.42 Å². The van der Waals surface area contributed by atoms with Crippen LogP contribution in [0.15, 0.2) is 28.7 Å². The second kappa shape index (κ2) is 6.09. The van der Waals surface area contributed by atoms with Crippen molar-refractivity contribution in [2.45, 2.75) is 12.8 Å². The molecule has 1 nitrogen and oxygen atoms in total. The van der Waals surface area contributed by atoms with Crippen molar-refractivity contribution in [3.63, 3.8) is 0 Å². The van der Waals surface area contributed by atoms with Crippen LogP contribution in [0.3, 0.4) is 0 Å². The fraction of sp³-hybridized carbons (Fsp3) is 0.400. The first-order chi connectivity index (χ1) is 6.68. The Morgan fingerprint density at radius 1 is 1.21 bits per heavy atom. The fourth-order valence-electron chi connectivity index (χ4n) is 1.09. The molecule has 0 saturated carbocycles. The second-order valence-electron chi connectivity index (χ2n) is 2.97. The maximum atomic E-state index is 11.7. The van der Waals surface area contributed by atoms with E-state index < -0.39 is 6.43 Å². The van der Waals surface area contributed by atoms with Crippen molar-refractivity contribution in [2.75, 3.05) is 13.1 Å². The van der Waals surface area contributed by atoms with Crippen LogP contribution in [0.1, 0.15) is 5.56 Å². The summed E-state index contributed by atoms with van der Waals surface area (Å²) in [5.74, 6) is 0. The van der Waals surface area contributed by atoms with E-state index in [-0.39, 0.29) is 6.54 Å². The van der Waals surface area contributed by atoms with Crippen LogP contribution < -0.4 is 5.32 Å². The van der Waals surface area contributed by atoms with Crippen molar-refractivity contribution in [3.05, 3.63) is 34.3 Å². The molecule has 0 radical (unpaired) electrons. The molecule has 0 fully saturated rings. The van der Waals surface area contributed by atoms with E-state index in [1.54, 1.807) is 0 Å². The highest BCUT2D eigenvalue weighted by Crippen LogP contribution is 2.10. The molecule has 1 rings (SSSR count). The Hall–Kier alpha value is -0.480. The van der Waals surface area contributed by atoms with Gasteiger partial charge >= 0.3 is 0 Å². The Morgan fingerprint density at radius 3 is 2.43 bits per heavy atom. The van der Waals surface area contributed by atoms with Gasteiger partial charge in [-0.25, -0.2) is 8.78 Å². The van der Waals surface area contributed by atoms with Crippen LogP contribution in [-0.4, -0.2) is 19.5 Å². The van der Waals surface area contributed by atoms with E-state index in [9.17, 15) is 8.78 Å². The van der Waals surface area contributed by atoms with Gasteiger partial charge in [-0.15, -0.1) is 0 Å². The van der Waals surface area contributed by atoms with E-state index in [0.29, 0.717) is 6.54 Å². The lowest BCUT2D eigenvalue weighted by Gasteiger charge is -2.03. The SMILES string of the molecule is FC(F)CNCCc1ccc(Br)cc1. The van der Waals surface area contributed by atoms with Gasteiger partial charge in [-0.1, -0.05) is 28.1 Å². The number of nitrogens with one attached hydrogen (secondary N) is 1. The zero-order valence-electron chi connectivity index (χ0n) is 7.64. The highest BCUT2D eigenvalue weighted by Gasteiger charge is 2.00. The molecule has 0 heterocycles. The van der Waals surface area contributed by atoms with Crippen molar-refractivity contribution >= 4 is 15.9 Å². The van der Waals surface area contributed by atoms with Gasteiger partial charge in [0.25, 0.3) is 6.43 Å². The number of alkyl halides is 2. The van der Waals surface area contributed by atoms with Gasteiger partial charge in [-0.3, -0.25) is 0 Å². The molecule has 0 atom stereocenters. The number of benzene rings is 1. The third-order valence-corrected chi connectivity index (χ3v) is 2.33. The highest BCUT2D eigenvalue weighted by molar-refractivity contribution is 9.10. The smallest absolute Gasteiger partial charge is 0.250 e. The van der Waals surface area contributed by atoms with E-state index in [4.69, 9.17) is 0 Å². The topological polar surface area (TPSA) is 12.0 Å². The van der Waals surface area contributed by atoms with E-state index in [2.05, 4.69) is 21.2 Å². The monoisotopic (exact) mass is 263 g/mol. The summed E-state index contributed by atoms with van der Waals surface area (Å²) in [7, 11) is 0. The lowest BCUT2D eigenvalue weighted by atomic mass is 10.1. The summed E-state index contributed by atoms with van der Waals surface area (Å²) in [6.45, 7) is 0.364. The van der Waals surface area contributed by atoms with E-state index in [1.807, 2.05) is 24.3 Å². The first kappa shape index (κ1) is 11.6. The first-order valence-corrected chi connectivity index (χ1v) is 5.21. The first-order valence-electron chi connectivity index (χ1n) is 4.42. The van der Waals surface area contributed by atoms with Crippen molar-refractivity contribution in [3.8, 4) is 0 Å². The molecule has 0 saturated heterocycles. The largest absolute Gasteiger partial charge is 0.311 e. The molecule has 0 unspecified atom stereocenters. The summed E-state index contributed by atoms with van der Waals surface area (Å²) in [6.07, 6.45) is -1.49. The van der Waals surface area contributed by atoms with Gasteiger partial charge < -0.3 is 5.32 Å². The quantitative estimate of drug-likeness (QED) is 0.806. The molecule has 78 valence electrons. The summed E-state index contributed by atoms with van der Waals surface area (Å²) in [6, 6.07) is 7.85. The lowest BCUT2D eigenvalue weighted by Crippen LogP contribution is -2.23. The van der Waals surface area contributed by atoms with Crippen LogP contribution in [0.25, 0.3) is 0 Å². The molecular weight excluding hydrogens is 252 g/mol. The normalized spacial score (nSPS) is 10.9. The molecule has 0 spiro atoms. The summed E-state index contributed by atoms with van der Waals surface area (Å²) in [5.41, 5.74) is 1.15. The highest BCUT2D eigenvalue weighted by atomic mass is 79.9. The van der Waals surface area contributed by atoms with E-state index in [0.717, 1.165) is 16.5 Å². The molecule has 0 bridgehead atoms. The standard InChI is InChI=1S/C10H12BrF2N/c11-9-3-1-8(2-4-9)5-6-14-7-10(12)13/h1-4,10,14H,5-7H2. The molecule has 0 aromatic heterocycles. The van der Waals surface area contributed by atoms with Crippen molar-refractivity contribution < 1.29 is 8.78 Å². The Morgan fingerprint density at radius 2 is 1.86 bits per heavy atom. The minimum Gasteiger partial charge on any atom is -0.311 e. The predicted octanol–water partition coefficient (Wildman–Crippen LogP) is 2.85. The minimum atomic E-state index is -2.26. The average molecular weight is 264 g/mol. The summed E-state index contributed by atoms with van der Waals surface area (Å²) < 4.78 is 24.5. The Kier molecular flexibility index (Phi) is 5.04. The molecule has 0 aliphatic carbocycles. The Bertz CT molecular complexity index is 261. The molecule has 0 aliphatic heterocycles. The Labute approximate surface area is 90.6 Å². The van der Waals surface area contributed by atoms with Crippen molar-refractivity contribution in [2.24, 2.45) is 0 Å². The molecule has 1 aromatic rings. The summed E-state index contributed by atoms with van der Waals surface area (Å²) in [4.78, 5) is 0. The van der Waals surface area contributed by atoms with Gasteiger partial charge in [-0.2, -0.15) is 0 Å².